The Hall–Kier alpha value is -2.30. The molecule has 2 aliphatic heterocycles. The van der Waals surface area contributed by atoms with E-state index in [9.17, 15) is 4.79 Å². The number of carbonyl (C=O) groups excluding carboxylic acids is 1. The first-order valence-corrected chi connectivity index (χ1v) is 10.6. The van der Waals surface area contributed by atoms with Crippen LogP contribution in [-0.2, 0) is 5.54 Å². The lowest BCUT2D eigenvalue weighted by atomic mass is 9.89. The van der Waals surface area contributed by atoms with E-state index < -0.39 is 0 Å². The van der Waals surface area contributed by atoms with Crippen LogP contribution in [-0.4, -0.2) is 33.2 Å². The largest absolute Gasteiger partial charge is 0.363 e. The summed E-state index contributed by atoms with van der Waals surface area (Å²) in [7, 11) is 0. The Morgan fingerprint density at radius 3 is 2.75 bits per heavy atom. The summed E-state index contributed by atoms with van der Waals surface area (Å²) in [5.74, 6) is 1.59. The van der Waals surface area contributed by atoms with E-state index in [0.717, 1.165) is 38.0 Å². The zero-order valence-corrected chi connectivity index (χ0v) is 17.5. The molecule has 1 N–H and O–H groups in total. The summed E-state index contributed by atoms with van der Waals surface area (Å²) in [5.41, 5.74) is 1.81. The van der Waals surface area contributed by atoms with Crippen LogP contribution in [0.25, 0.3) is 0 Å². The van der Waals surface area contributed by atoms with E-state index in [1.54, 1.807) is 6.20 Å². The van der Waals surface area contributed by atoms with Crippen molar-refractivity contribution < 1.29 is 4.79 Å². The summed E-state index contributed by atoms with van der Waals surface area (Å²) in [5, 5.41) is 8.25. The van der Waals surface area contributed by atoms with E-state index >= 15 is 0 Å². The van der Waals surface area contributed by atoms with Gasteiger partial charge < -0.3 is 10.2 Å². The highest BCUT2D eigenvalue weighted by molar-refractivity contribution is 5.99. The Kier molecular flexibility index (Phi) is 4.94. The molecule has 150 valence electrons. The van der Waals surface area contributed by atoms with Crippen molar-refractivity contribution in [1.29, 1.82) is 0 Å². The summed E-state index contributed by atoms with van der Waals surface area (Å²) in [6.45, 7) is 9.72. The quantitative estimate of drug-likeness (QED) is 0.827. The molecule has 0 spiro atoms. The van der Waals surface area contributed by atoms with Crippen molar-refractivity contribution in [3.05, 3.63) is 47.7 Å². The number of rotatable bonds is 4. The number of nitrogens with zero attached hydrogens (tertiary/aromatic N) is 3. The minimum Gasteiger partial charge on any atom is -0.363 e. The number of nitrogens with one attached hydrogen (secondary N) is 1. The summed E-state index contributed by atoms with van der Waals surface area (Å²) >= 11 is 0. The second-order valence-electron chi connectivity index (χ2n) is 9.37. The molecular weight excluding hydrogens is 348 g/mol. The van der Waals surface area contributed by atoms with Crippen LogP contribution >= 0.6 is 0 Å². The first-order valence-electron chi connectivity index (χ1n) is 10.6. The molecule has 4 rings (SSSR count). The van der Waals surface area contributed by atoms with Crippen LogP contribution in [0.1, 0.15) is 75.3 Å². The van der Waals surface area contributed by atoms with Crippen molar-refractivity contribution in [2.75, 3.05) is 11.9 Å². The predicted octanol–water partition coefficient (Wildman–Crippen LogP) is 4.83. The molecule has 1 fully saturated rings. The molecule has 2 aromatic rings. The number of hydrogen-bond acceptors (Lipinski definition) is 3. The molecule has 0 aliphatic carbocycles. The van der Waals surface area contributed by atoms with Gasteiger partial charge in [-0.15, -0.1) is 0 Å². The molecule has 1 saturated heterocycles. The summed E-state index contributed by atoms with van der Waals surface area (Å²) in [4.78, 5) is 15.5. The maximum absolute atomic E-state index is 13.5. The molecular formula is C23H32N4O. The number of carbonyl (C=O) groups is 1. The van der Waals surface area contributed by atoms with Gasteiger partial charge in [0.15, 0.2) is 0 Å². The molecule has 1 aromatic heterocycles. The molecule has 2 unspecified atom stereocenters. The van der Waals surface area contributed by atoms with Gasteiger partial charge in [-0.1, -0.05) is 44.2 Å². The van der Waals surface area contributed by atoms with Crippen molar-refractivity contribution in [1.82, 2.24) is 14.7 Å². The Morgan fingerprint density at radius 2 is 2.04 bits per heavy atom. The zero-order chi connectivity index (χ0) is 19.9. The van der Waals surface area contributed by atoms with Crippen LogP contribution in [0.5, 0.6) is 0 Å². The van der Waals surface area contributed by atoms with Crippen LogP contribution in [0.4, 0.5) is 5.82 Å². The Balaban J connectivity index is 1.65. The van der Waals surface area contributed by atoms with E-state index in [1.807, 2.05) is 10.7 Å². The van der Waals surface area contributed by atoms with E-state index in [0.29, 0.717) is 17.5 Å². The smallest absolute Gasteiger partial charge is 0.259 e. The summed E-state index contributed by atoms with van der Waals surface area (Å²) < 4.78 is 2.01. The van der Waals surface area contributed by atoms with Gasteiger partial charge in [-0.05, 0) is 51.0 Å². The molecule has 0 saturated carbocycles. The Bertz CT molecular complexity index is 840. The highest BCUT2D eigenvalue weighted by Crippen LogP contribution is 2.40. The number of likely N-dealkylation sites (tertiary alicyclic amines) is 1. The SMILES string of the molecule is CC(C)CC1CCCN1C(=O)c1cnn2c1NC(c1ccccc1)CC2(C)C. The molecule has 5 heteroatoms. The van der Waals surface area contributed by atoms with Crippen molar-refractivity contribution in [2.24, 2.45) is 5.92 Å². The normalized spacial score (nSPS) is 23.5. The van der Waals surface area contributed by atoms with Crippen molar-refractivity contribution in [3.8, 4) is 0 Å². The minimum atomic E-state index is -0.151. The molecule has 5 nitrogen and oxygen atoms in total. The van der Waals surface area contributed by atoms with Gasteiger partial charge in [-0.25, -0.2) is 4.68 Å². The lowest BCUT2D eigenvalue weighted by Crippen LogP contribution is -2.40. The van der Waals surface area contributed by atoms with Gasteiger partial charge >= 0.3 is 0 Å². The Morgan fingerprint density at radius 1 is 1.29 bits per heavy atom. The van der Waals surface area contributed by atoms with Gasteiger partial charge in [0.1, 0.15) is 11.4 Å². The van der Waals surface area contributed by atoms with Crippen molar-refractivity contribution >= 4 is 11.7 Å². The molecule has 1 amide bonds. The fourth-order valence-corrected chi connectivity index (χ4v) is 4.84. The number of fused-ring (bicyclic) bond motifs is 1. The fourth-order valence-electron chi connectivity index (χ4n) is 4.84. The van der Waals surface area contributed by atoms with Crippen molar-refractivity contribution in [3.63, 3.8) is 0 Å². The van der Waals surface area contributed by atoms with Crippen LogP contribution in [0.3, 0.4) is 0 Å². The number of aromatic nitrogens is 2. The fraction of sp³-hybridized carbons (Fsp3) is 0.565. The monoisotopic (exact) mass is 380 g/mol. The average Bonchev–Trinajstić information content (AvgIpc) is 3.28. The van der Waals surface area contributed by atoms with Gasteiger partial charge in [0.2, 0.25) is 0 Å². The lowest BCUT2D eigenvalue weighted by molar-refractivity contribution is 0.0722. The van der Waals surface area contributed by atoms with Gasteiger partial charge in [-0.3, -0.25) is 4.79 Å². The average molecular weight is 381 g/mol. The van der Waals surface area contributed by atoms with Crippen LogP contribution < -0.4 is 5.32 Å². The lowest BCUT2D eigenvalue weighted by Gasteiger charge is -2.38. The summed E-state index contributed by atoms with van der Waals surface area (Å²) in [6.07, 6.45) is 5.97. The van der Waals surface area contributed by atoms with Crippen molar-refractivity contribution in [2.45, 2.75) is 71.0 Å². The molecule has 28 heavy (non-hydrogen) atoms. The number of hydrogen-bond donors (Lipinski definition) is 1. The second-order valence-corrected chi connectivity index (χ2v) is 9.37. The maximum Gasteiger partial charge on any atom is 0.259 e. The Labute approximate surface area is 168 Å². The topological polar surface area (TPSA) is 50.2 Å². The van der Waals surface area contributed by atoms with Gasteiger partial charge in [-0.2, -0.15) is 5.10 Å². The molecule has 0 bridgehead atoms. The van der Waals surface area contributed by atoms with E-state index in [4.69, 9.17) is 0 Å². The van der Waals surface area contributed by atoms with E-state index in [1.165, 1.54) is 5.56 Å². The van der Waals surface area contributed by atoms with Gasteiger partial charge in [0, 0.05) is 12.6 Å². The third-order valence-corrected chi connectivity index (χ3v) is 6.17. The first-order chi connectivity index (χ1) is 13.4. The van der Waals surface area contributed by atoms with E-state index in [-0.39, 0.29) is 17.5 Å². The predicted molar refractivity (Wildman–Crippen MR) is 112 cm³/mol. The maximum atomic E-state index is 13.5. The molecule has 0 radical (unpaired) electrons. The zero-order valence-electron chi connectivity index (χ0n) is 17.5. The summed E-state index contributed by atoms with van der Waals surface area (Å²) in [6, 6.07) is 11.0. The molecule has 3 heterocycles. The van der Waals surface area contributed by atoms with Crippen LogP contribution in [0.15, 0.2) is 36.5 Å². The van der Waals surface area contributed by atoms with E-state index in [2.05, 4.69) is 67.3 Å². The van der Waals surface area contributed by atoms with Gasteiger partial charge in [0.05, 0.1) is 17.8 Å². The van der Waals surface area contributed by atoms with Crippen LogP contribution in [0.2, 0.25) is 0 Å². The highest BCUT2D eigenvalue weighted by atomic mass is 16.2. The number of amides is 1. The molecule has 2 aliphatic rings. The third-order valence-electron chi connectivity index (χ3n) is 6.17. The van der Waals surface area contributed by atoms with Gasteiger partial charge in [0.25, 0.3) is 5.91 Å². The minimum absolute atomic E-state index is 0.126. The number of benzene rings is 1. The number of anilines is 1. The second kappa shape index (κ2) is 7.26. The molecule has 2 atom stereocenters. The van der Waals surface area contributed by atoms with Crippen LogP contribution in [0, 0.1) is 5.92 Å². The first kappa shape index (κ1) is 19.0. The molecule has 1 aromatic carbocycles. The third kappa shape index (κ3) is 3.43. The highest BCUT2D eigenvalue weighted by Gasteiger charge is 2.39. The standard InChI is InChI=1S/C23H32N4O/c1-16(2)13-18-11-8-12-26(18)22(28)19-15-24-27-21(19)25-20(14-23(27,3)4)17-9-6-5-7-10-17/h5-7,9-10,15-16,18,20,25H,8,11-14H2,1-4H3.